The molecule has 1 aliphatic carbocycles. The van der Waals surface area contributed by atoms with Crippen molar-refractivity contribution in [3.05, 3.63) is 32.7 Å². The van der Waals surface area contributed by atoms with Crippen LogP contribution in [-0.4, -0.2) is 16.8 Å². The van der Waals surface area contributed by atoms with Crippen molar-refractivity contribution in [2.45, 2.75) is 38.1 Å². The summed E-state index contributed by atoms with van der Waals surface area (Å²) in [4.78, 5) is 12.5. The molecule has 0 aromatic heterocycles. The maximum atomic E-state index is 12.5. The van der Waals surface area contributed by atoms with Crippen molar-refractivity contribution in [3.8, 4) is 0 Å². The molecule has 1 aromatic carbocycles. The van der Waals surface area contributed by atoms with Gasteiger partial charge in [-0.05, 0) is 65.7 Å². The molecule has 20 heavy (non-hydrogen) atoms. The first kappa shape index (κ1) is 16.5. The van der Waals surface area contributed by atoms with E-state index in [0.717, 1.165) is 33.0 Å². The minimum atomic E-state index is -0.101. The molecule has 1 fully saturated rings. The van der Waals surface area contributed by atoms with Crippen molar-refractivity contribution in [3.63, 3.8) is 0 Å². The molecule has 0 saturated heterocycles. The quantitative estimate of drug-likeness (QED) is 0.601. The Morgan fingerprint density at radius 1 is 1.35 bits per heavy atom. The highest BCUT2D eigenvalue weighted by molar-refractivity contribution is 9.11. The zero-order valence-electron chi connectivity index (χ0n) is 11.4. The van der Waals surface area contributed by atoms with Crippen LogP contribution < -0.4 is 5.32 Å². The molecule has 1 N–H and O–H groups in total. The lowest BCUT2D eigenvalue weighted by atomic mass is 9.78. The summed E-state index contributed by atoms with van der Waals surface area (Å²) in [7, 11) is 0. The summed E-state index contributed by atoms with van der Waals surface area (Å²) in [6.45, 7) is 2.28. The van der Waals surface area contributed by atoms with Crippen LogP contribution in [0.3, 0.4) is 0 Å². The Labute approximate surface area is 145 Å². The number of hydrogen-bond acceptors (Lipinski definition) is 1. The molecule has 110 valence electrons. The van der Waals surface area contributed by atoms with Gasteiger partial charge in [0.05, 0.1) is 11.1 Å². The Hall–Kier alpha value is 0.130. The average Bonchev–Trinajstić information content (AvgIpc) is 2.41. The van der Waals surface area contributed by atoms with Crippen molar-refractivity contribution in [1.29, 1.82) is 0 Å². The van der Waals surface area contributed by atoms with E-state index < -0.39 is 0 Å². The highest BCUT2D eigenvalue weighted by atomic mass is 79.9. The fourth-order valence-corrected chi connectivity index (χ4v) is 4.52. The highest BCUT2D eigenvalue weighted by Gasteiger charge is 2.35. The third-order valence-corrected chi connectivity index (χ3v) is 6.26. The van der Waals surface area contributed by atoms with Gasteiger partial charge in [0.15, 0.2) is 0 Å². The average molecular weight is 468 g/mol. The van der Waals surface area contributed by atoms with Gasteiger partial charge in [0, 0.05) is 14.3 Å². The molecule has 5 heteroatoms. The monoisotopic (exact) mass is 465 g/mol. The lowest BCUT2D eigenvalue weighted by Gasteiger charge is -2.39. The third-order valence-electron chi connectivity index (χ3n) is 4.04. The van der Waals surface area contributed by atoms with Gasteiger partial charge < -0.3 is 5.32 Å². The Bertz CT molecular complexity index is 496. The minimum Gasteiger partial charge on any atom is -0.346 e. The summed E-state index contributed by atoms with van der Waals surface area (Å²) in [5.41, 5.74) is 0.586. The normalized spacial score (nSPS) is 26.3. The molecule has 0 spiro atoms. The number of alkyl halides is 1. The predicted molar refractivity (Wildman–Crippen MR) is 93.5 cm³/mol. The first-order valence-corrected chi connectivity index (χ1v) is 9.50. The first-order chi connectivity index (χ1) is 9.46. The van der Waals surface area contributed by atoms with E-state index in [1.165, 1.54) is 12.8 Å². The van der Waals surface area contributed by atoms with Gasteiger partial charge in [0.25, 0.3) is 5.91 Å². The van der Waals surface area contributed by atoms with Gasteiger partial charge in [-0.1, -0.05) is 38.8 Å². The van der Waals surface area contributed by atoms with Gasteiger partial charge in [0.1, 0.15) is 0 Å². The van der Waals surface area contributed by atoms with Gasteiger partial charge >= 0.3 is 0 Å². The summed E-state index contributed by atoms with van der Waals surface area (Å²) in [6, 6.07) is 5.64. The number of rotatable bonds is 3. The van der Waals surface area contributed by atoms with E-state index in [1.54, 1.807) is 0 Å². The van der Waals surface area contributed by atoms with Crippen LogP contribution in [0.25, 0.3) is 0 Å². The second kappa shape index (κ2) is 6.93. The summed E-state index contributed by atoms with van der Waals surface area (Å²) in [6.07, 6.45) is 4.43. The molecule has 2 nitrogen and oxygen atoms in total. The second-order valence-corrected chi connectivity index (χ2v) is 8.01. The molecule has 0 aliphatic heterocycles. The van der Waals surface area contributed by atoms with Gasteiger partial charge in [-0.2, -0.15) is 0 Å². The van der Waals surface area contributed by atoms with E-state index in [1.807, 2.05) is 18.2 Å². The number of carbonyl (C=O) groups is 1. The lowest BCUT2D eigenvalue weighted by molar-refractivity contribution is 0.0873. The number of benzene rings is 1. The van der Waals surface area contributed by atoms with E-state index in [9.17, 15) is 4.79 Å². The molecule has 0 atom stereocenters. The van der Waals surface area contributed by atoms with E-state index in [2.05, 4.69) is 60.0 Å². The maximum Gasteiger partial charge on any atom is 0.252 e. The molecule has 1 aliphatic rings. The summed E-state index contributed by atoms with van der Waals surface area (Å²) < 4.78 is 1.78. The van der Waals surface area contributed by atoms with Crippen molar-refractivity contribution >= 4 is 53.7 Å². The lowest BCUT2D eigenvalue weighted by Crippen LogP contribution is -2.52. The summed E-state index contributed by atoms with van der Waals surface area (Å²) in [5.74, 6) is 0.761. The summed E-state index contributed by atoms with van der Waals surface area (Å²) in [5, 5.41) is 4.06. The number of halogens is 3. The van der Waals surface area contributed by atoms with Crippen molar-refractivity contribution in [2.24, 2.45) is 5.92 Å². The smallest absolute Gasteiger partial charge is 0.252 e. The maximum absolute atomic E-state index is 12.5. The Morgan fingerprint density at radius 2 is 2.00 bits per heavy atom. The Balaban J connectivity index is 2.13. The van der Waals surface area contributed by atoms with Crippen LogP contribution in [0.1, 0.15) is 43.0 Å². The zero-order chi connectivity index (χ0) is 14.8. The van der Waals surface area contributed by atoms with Crippen molar-refractivity contribution in [2.75, 3.05) is 5.33 Å². The van der Waals surface area contributed by atoms with Crippen LogP contribution in [0.5, 0.6) is 0 Å². The number of amides is 1. The molecule has 0 unspecified atom stereocenters. The van der Waals surface area contributed by atoms with E-state index in [-0.39, 0.29) is 11.4 Å². The van der Waals surface area contributed by atoms with Gasteiger partial charge in [-0.15, -0.1) is 0 Å². The molecular formula is C15H18Br3NO. The number of nitrogens with one attached hydrogen (secondary N) is 1. The summed E-state index contributed by atoms with van der Waals surface area (Å²) >= 11 is 10.4. The fourth-order valence-electron chi connectivity index (χ4n) is 2.59. The molecule has 1 aromatic rings. The zero-order valence-corrected chi connectivity index (χ0v) is 16.1. The third kappa shape index (κ3) is 3.86. The van der Waals surface area contributed by atoms with Crippen LogP contribution in [0.4, 0.5) is 0 Å². The molecule has 0 heterocycles. The number of carbonyl (C=O) groups excluding carboxylic acids is 1. The largest absolute Gasteiger partial charge is 0.346 e. The minimum absolute atomic E-state index is 0.00150. The fraction of sp³-hybridized carbons (Fsp3) is 0.533. The topological polar surface area (TPSA) is 29.1 Å². The Kier molecular flexibility index (Phi) is 5.71. The highest BCUT2D eigenvalue weighted by Crippen LogP contribution is 2.34. The van der Waals surface area contributed by atoms with Crippen LogP contribution >= 0.6 is 47.8 Å². The molecule has 1 saturated carbocycles. The predicted octanol–water partition coefficient (Wildman–Crippen LogP) is 5.29. The van der Waals surface area contributed by atoms with Crippen LogP contribution in [0, 0.1) is 5.92 Å². The van der Waals surface area contributed by atoms with Crippen LogP contribution in [0.2, 0.25) is 0 Å². The molecule has 2 rings (SSSR count). The van der Waals surface area contributed by atoms with Crippen molar-refractivity contribution < 1.29 is 4.79 Å². The van der Waals surface area contributed by atoms with E-state index in [4.69, 9.17) is 0 Å². The number of hydrogen-bond donors (Lipinski definition) is 1. The standard InChI is InChI=1S/C15H18Br3NO/c1-10-4-6-15(9-16,7-5-10)19-14(20)12-3-2-11(17)8-13(12)18/h2-3,8,10H,4-7,9H2,1H3,(H,19,20). The van der Waals surface area contributed by atoms with Gasteiger partial charge in [-0.25, -0.2) is 0 Å². The van der Waals surface area contributed by atoms with Gasteiger partial charge in [-0.3, -0.25) is 4.79 Å². The first-order valence-electron chi connectivity index (χ1n) is 6.79. The molecular weight excluding hydrogens is 450 g/mol. The van der Waals surface area contributed by atoms with Crippen molar-refractivity contribution in [1.82, 2.24) is 5.32 Å². The molecule has 1 amide bonds. The van der Waals surface area contributed by atoms with E-state index >= 15 is 0 Å². The Morgan fingerprint density at radius 3 is 2.55 bits per heavy atom. The van der Waals surface area contributed by atoms with E-state index in [0.29, 0.717) is 5.56 Å². The SMILES string of the molecule is CC1CCC(CBr)(NC(=O)c2ccc(Br)cc2Br)CC1. The second-order valence-electron chi connectivity index (χ2n) is 5.67. The molecule has 0 radical (unpaired) electrons. The van der Waals surface area contributed by atoms with Gasteiger partial charge in [0.2, 0.25) is 0 Å². The van der Waals surface area contributed by atoms with Crippen LogP contribution in [0.15, 0.2) is 27.1 Å². The van der Waals surface area contributed by atoms with Crippen LogP contribution in [-0.2, 0) is 0 Å². The molecule has 0 bridgehead atoms.